The molecule has 0 aromatic heterocycles. The Bertz CT molecular complexity index is 1210. The van der Waals surface area contributed by atoms with Crippen LogP contribution in [0.3, 0.4) is 0 Å². The minimum atomic E-state index is -3.97. The van der Waals surface area contributed by atoms with Gasteiger partial charge in [-0.25, -0.2) is 13.2 Å². The molecule has 2 unspecified atom stereocenters. The van der Waals surface area contributed by atoms with Gasteiger partial charge in [0.05, 0.1) is 49.4 Å². The molecule has 0 radical (unpaired) electrons. The molecule has 2 aromatic rings. The molecule has 40 heavy (non-hydrogen) atoms. The maximum Gasteiger partial charge on any atom is 0.407 e. The molecule has 0 bridgehead atoms. The molecule has 2 aliphatic rings. The summed E-state index contributed by atoms with van der Waals surface area (Å²) in [6.45, 7) is 3.85. The minimum absolute atomic E-state index is 0.0268. The molecular weight excluding hydrogens is 540 g/mol. The third-order valence-corrected chi connectivity index (χ3v) is 8.87. The zero-order valence-corrected chi connectivity index (χ0v) is 23.7. The molecule has 2 saturated heterocycles. The van der Waals surface area contributed by atoms with Gasteiger partial charge >= 0.3 is 6.09 Å². The van der Waals surface area contributed by atoms with Crippen LogP contribution < -0.4 is 10.1 Å². The third kappa shape index (κ3) is 7.31. The number of methoxy groups -OCH3 is 1. The van der Waals surface area contributed by atoms with Crippen LogP contribution in [0.25, 0.3) is 0 Å². The number of aliphatic hydroxyl groups excluding tert-OH is 2. The standard InChI is InChI=1S/C28H38N2O9S/c1-18(2)14-30(40(34,35)21-11-9-20(36-3)10-12-21)15-23(31)22(13-19-7-5-4-6-8-19)29-28(33)39-25-17-38-27-26(25)24(32)16-37-27/h4-12,18,22-27,31-32H,13-17H2,1-3H3,(H,29,33)/t22-,23?,24+,25-,26?,27+/m0/s1. The van der Waals surface area contributed by atoms with Gasteiger partial charge in [0.1, 0.15) is 11.9 Å². The van der Waals surface area contributed by atoms with Crippen molar-refractivity contribution in [1.82, 2.24) is 9.62 Å². The minimum Gasteiger partial charge on any atom is -0.497 e. The van der Waals surface area contributed by atoms with E-state index in [4.69, 9.17) is 18.9 Å². The van der Waals surface area contributed by atoms with Crippen LogP contribution in [0.1, 0.15) is 19.4 Å². The first-order valence-electron chi connectivity index (χ1n) is 13.3. The first-order chi connectivity index (χ1) is 19.1. The lowest BCUT2D eigenvalue weighted by Gasteiger charge is -2.31. The molecule has 12 heteroatoms. The molecule has 0 saturated carbocycles. The van der Waals surface area contributed by atoms with Crippen LogP contribution in [0.2, 0.25) is 0 Å². The number of rotatable bonds is 12. The van der Waals surface area contributed by atoms with Crippen molar-refractivity contribution in [2.45, 2.75) is 55.8 Å². The normalized spacial score (nSPS) is 24.1. The summed E-state index contributed by atoms with van der Waals surface area (Å²) < 4.78 is 50.0. The van der Waals surface area contributed by atoms with E-state index in [2.05, 4.69) is 5.32 Å². The Morgan fingerprint density at radius 3 is 2.40 bits per heavy atom. The van der Waals surface area contributed by atoms with Crippen molar-refractivity contribution in [3.8, 4) is 5.75 Å². The van der Waals surface area contributed by atoms with E-state index in [-0.39, 0.29) is 43.5 Å². The van der Waals surface area contributed by atoms with Crippen molar-refractivity contribution in [2.75, 3.05) is 33.4 Å². The van der Waals surface area contributed by atoms with Crippen molar-refractivity contribution in [3.05, 3.63) is 60.2 Å². The molecule has 2 aliphatic heterocycles. The van der Waals surface area contributed by atoms with E-state index in [0.717, 1.165) is 5.56 Å². The molecule has 2 fully saturated rings. The van der Waals surface area contributed by atoms with E-state index in [9.17, 15) is 23.4 Å². The molecule has 0 aliphatic carbocycles. The Kier molecular flexibility index (Phi) is 10.0. The number of carbonyl (C=O) groups is 1. The summed E-state index contributed by atoms with van der Waals surface area (Å²) in [7, 11) is -2.47. The number of fused-ring (bicyclic) bond motifs is 1. The van der Waals surface area contributed by atoms with Crippen LogP contribution in [0.4, 0.5) is 4.79 Å². The van der Waals surface area contributed by atoms with Gasteiger partial charge < -0.3 is 34.5 Å². The second-order valence-corrected chi connectivity index (χ2v) is 12.5. The average Bonchev–Trinajstić information content (AvgIpc) is 3.50. The van der Waals surface area contributed by atoms with Crippen LogP contribution in [0, 0.1) is 11.8 Å². The van der Waals surface area contributed by atoms with Crippen LogP contribution in [-0.2, 0) is 30.7 Å². The SMILES string of the molecule is COc1ccc(S(=O)(=O)N(CC(C)C)CC(O)[C@H](Cc2ccccc2)NC(=O)O[C@H]2CO[C@H]3OC[C@@H](O)C32)cc1. The lowest BCUT2D eigenvalue weighted by atomic mass is 10.0. The number of carbonyl (C=O) groups excluding carboxylic acids is 1. The van der Waals surface area contributed by atoms with Crippen LogP contribution in [0.5, 0.6) is 5.75 Å². The molecule has 11 nitrogen and oxygen atoms in total. The zero-order valence-electron chi connectivity index (χ0n) is 22.9. The molecule has 3 N–H and O–H groups in total. The van der Waals surface area contributed by atoms with E-state index in [1.54, 1.807) is 12.1 Å². The fourth-order valence-electron chi connectivity index (χ4n) is 4.98. The number of hydrogen-bond acceptors (Lipinski definition) is 9. The van der Waals surface area contributed by atoms with Crippen molar-refractivity contribution in [3.63, 3.8) is 0 Å². The van der Waals surface area contributed by atoms with Gasteiger partial charge in [0.15, 0.2) is 6.29 Å². The van der Waals surface area contributed by atoms with E-state index < -0.39 is 52.7 Å². The quantitative estimate of drug-likeness (QED) is 0.343. The van der Waals surface area contributed by atoms with Crippen molar-refractivity contribution < 1.29 is 42.4 Å². The lowest BCUT2D eigenvalue weighted by Crippen LogP contribution is -2.52. The number of alkyl carbamates (subject to hydrolysis) is 1. The van der Waals surface area contributed by atoms with Gasteiger partial charge in [-0.05, 0) is 42.2 Å². The Morgan fingerprint density at radius 1 is 1.07 bits per heavy atom. The number of sulfonamides is 1. The Labute approximate surface area is 235 Å². The molecule has 2 heterocycles. The summed E-state index contributed by atoms with van der Waals surface area (Å²) in [4.78, 5) is 13.0. The topological polar surface area (TPSA) is 144 Å². The summed E-state index contributed by atoms with van der Waals surface area (Å²) in [6.07, 6.45) is -4.01. The average molecular weight is 579 g/mol. The maximum atomic E-state index is 13.6. The summed E-state index contributed by atoms with van der Waals surface area (Å²) in [5.41, 5.74) is 0.837. The van der Waals surface area contributed by atoms with Gasteiger partial charge in [-0.2, -0.15) is 4.31 Å². The van der Waals surface area contributed by atoms with Crippen molar-refractivity contribution in [1.29, 1.82) is 0 Å². The highest BCUT2D eigenvalue weighted by Gasteiger charge is 2.49. The number of nitrogens with one attached hydrogen (secondary N) is 1. The van der Waals surface area contributed by atoms with Gasteiger partial charge in [0.25, 0.3) is 0 Å². The molecular formula is C28H38N2O9S. The zero-order chi connectivity index (χ0) is 28.9. The maximum absolute atomic E-state index is 13.6. The molecule has 220 valence electrons. The highest BCUT2D eigenvalue weighted by atomic mass is 32.2. The van der Waals surface area contributed by atoms with Crippen LogP contribution >= 0.6 is 0 Å². The fraction of sp³-hybridized carbons (Fsp3) is 0.536. The van der Waals surface area contributed by atoms with E-state index in [0.29, 0.717) is 5.75 Å². The third-order valence-electron chi connectivity index (χ3n) is 7.03. The van der Waals surface area contributed by atoms with Crippen molar-refractivity contribution in [2.24, 2.45) is 11.8 Å². The van der Waals surface area contributed by atoms with E-state index in [1.165, 1.54) is 23.5 Å². The Balaban J connectivity index is 1.51. The van der Waals surface area contributed by atoms with Crippen LogP contribution in [0.15, 0.2) is 59.5 Å². The van der Waals surface area contributed by atoms with Gasteiger partial charge in [-0.15, -0.1) is 0 Å². The number of aliphatic hydroxyl groups is 2. The predicted molar refractivity (Wildman–Crippen MR) is 145 cm³/mol. The van der Waals surface area contributed by atoms with Gasteiger partial charge in [0.2, 0.25) is 10.0 Å². The van der Waals surface area contributed by atoms with E-state index >= 15 is 0 Å². The smallest absolute Gasteiger partial charge is 0.407 e. The molecule has 1 amide bonds. The predicted octanol–water partition coefficient (Wildman–Crippen LogP) is 1.77. The highest BCUT2D eigenvalue weighted by Crippen LogP contribution is 2.33. The first-order valence-corrected chi connectivity index (χ1v) is 14.8. The van der Waals surface area contributed by atoms with E-state index in [1.807, 2.05) is 44.2 Å². The largest absolute Gasteiger partial charge is 0.497 e. The number of nitrogens with zero attached hydrogens (tertiary/aromatic N) is 1. The second-order valence-electron chi connectivity index (χ2n) is 10.5. The second kappa shape index (κ2) is 13.3. The summed E-state index contributed by atoms with van der Waals surface area (Å²) in [5, 5.41) is 24.3. The summed E-state index contributed by atoms with van der Waals surface area (Å²) >= 11 is 0. The van der Waals surface area contributed by atoms with Gasteiger partial charge in [-0.1, -0.05) is 44.2 Å². The van der Waals surface area contributed by atoms with Crippen molar-refractivity contribution >= 4 is 16.1 Å². The Morgan fingerprint density at radius 2 is 1.75 bits per heavy atom. The van der Waals surface area contributed by atoms with Crippen LogP contribution in [-0.4, -0.2) is 93.1 Å². The van der Waals surface area contributed by atoms with Gasteiger partial charge in [-0.3, -0.25) is 0 Å². The molecule has 0 spiro atoms. The highest BCUT2D eigenvalue weighted by molar-refractivity contribution is 7.89. The number of ether oxygens (including phenoxy) is 4. The monoisotopic (exact) mass is 578 g/mol. The lowest BCUT2D eigenvalue weighted by molar-refractivity contribution is -0.0911. The number of hydrogen-bond donors (Lipinski definition) is 3. The molecule has 6 atom stereocenters. The number of amides is 1. The first kappa shape index (κ1) is 30.2. The Hall–Kier alpha value is -2.74. The summed E-state index contributed by atoms with van der Waals surface area (Å²) in [6, 6.07) is 14.4. The molecule has 2 aromatic carbocycles. The van der Waals surface area contributed by atoms with Gasteiger partial charge in [0, 0.05) is 13.1 Å². The molecule has 4 rings (SSSR count). The number of benzene rings is 2. The summed E-state index contributed by atoms with van der Waals surface area (Å²) in [5.74, 6) is -0.00351. The fourth-order valence-corrected chi connectivity index (χ4v) is 6.60.